The van der Waals surface area contributed by atoms with Gasteiger partial charge < -0.3 is 4.74 Å². The van der Waals surface area contributed by atoms with E-state index in [0.29, 0.717) is 0 Å². The second-order valence-corrected chi connectivity index (χ2v) is 4.36. The average Bonchev–Trinajstić information content (AvgIpc) is 2.40. The summed E-state index contributed by atoms with van der Waals surface area (Å²) in [5.41, 5.74) is -1.35. The van der Waals surface area contributed by atoms with E-state index in [2.05, 4.69) is 4.74 Å². The van der Waals surface area contributed by atoms with Crippen molar-refractivity contribution in [3.8, 4) is 5.75 Å². The Bertz CT molecular complexity index is 663. The van der Waals surface area contributed by atoms with Crippen LogP contribution in [0.3, 0.4) is 0 Å². The Balaban J connectivity index is 2.56. The molecule has 0 radical (unpaired) electrons. The van der Waals surface area contributed by atoms with Gasteiger partial charge in [-0.25, -0.2) is 13.2 Å². The molecule has 2 rings (SSSR count). The molecule has 20 heavy (non-hydrogen) atoms. The first-order chi connectivity index (χ1) is 9.43. The van der Waals surface area contributed by atoms with E-state index < -0.39 is 34.4 Å². The molecule has 0 saturated heterocycles. The van der Waals surface area contributed by atoms with Crippen molar-refractivity contribution < 1.29 is 22.7 Å². The molecule has 2 aromatic rings. The molecule has 0 N–H and O–H groups in total. The lowest BCUT2D eigenvalue weighted by Gasteiger charge is -2.08. The number of methoxy groups -OCH3 is 1. The fraction of sp³-hybridized carbons (Fsp3) is 0.0714. The summed E-state index contributed by atoms with van der Waals surface area (Å²) in [5.74, 6) is -4.38. The highest BCUT2D eigenvalue weighted by Gasteiger charge is 2.23. The van der Waals surface area contributed by atoms with E-state index in [9.17, 15) is 18.0 Å². The van der Waals surface area contributed by atoms with Crippen LogP contribution in [0.5, 0.6) is 5.75 Å². The molecule has 0 bridgehead atoms. The molecule has 0 spiro atoms. The highest BCUT2D eigenvalue weighted by molar-refractivity contribution is 6.31. The lowest BCUT2D eigenvalue weighted by Crippen LogP contribution is -2.10. The monoisotopic (exact) mass is 300 g/mol. The van der Waals surface area contributed by atoms with Crippen molar-refractivity contribution in [3.05, 3.63) is 63.9 Å². The molecule has 0 unspecified atom stereocenters. The van der Waals surface area contributed by atoms with Crippen molar-refractivity contribution in [2.75, 3.05) is 7.11 Å². The van der Waals surface area contributed by atoms with Crippen molar-refractivity contribution in [2.24, 2.45) is 0 Å². The van der Waals surface area contributed by atoms with Crippen molar-refractivity contribution in [1.29, 1.82) is 0 Å². The second kappa shape index (κ2) is 5.54. The van der Waals surface area contributed by atoms with Crippen LogP contribution in [-0.4, -0.2) is 12.9 Å². The van der Waals surface area contributed by atoms with Gasteiger partial charge in [0.05, 0.1) is 18.2 Å². The molecular weight excluding hydrogens is 293 g/mol. The molecule has 0 atom stereocenters. The predicted molar refractivity (Wildman–Crippen MR) is 67.8 cm³/mol. The van der Waals surface area contributed by atoms with Crippen LogP contribution >= 0.6 is 11.6 Å². The van der Waals surface area contributed by atoms with Crippen LogP contribution < -0.4 is 4.74 Å². The topological polar surface area (TPSA) is 26.3 Å². The second-order valence-electron chi connectivity index (χ2n) is 3.92. The maximum atomic E-state index is 13.8. The van der Waals surface area contributed by atoms with Gasteiger partial charge in [-0.2, -0.15) is 0 Å². The van der Waals surface area contributed by atoms with Gasteiger partial charge in [0.2, 0.25) is 5.78 Å². The van der Waals surface area contributed by atoms with E-state index in [1.54, 1.807) is 0 Å². The first kappa shape index (κ1) is 14.4. The zero-order chi connectivity index (χ0) is 14.9. The largest absolute Gasteiger partial charge is 0.497 e. The Kier molecular flexibility index (Phi) is 3.99. The maximum absolute atomic E-state index is 13.8. The van der Waals surface area contributed by atoms with E-state index in [4.69, 9.17) is 11.6 Å². The zero-order valence-electron chi connectivity index (χ0n) is 10.2. The molecule has 0 saturated carbocycles. The van der Waals surface area contributed by atoms with E-state index in [0.717, 1.165) is 24.3 Å². The Labute approximate surface area is 117 Å². The molecular formula is C14H8ClF3O2. The van der Waals surface area contributed by atoms with E-state index in [1.807, 2.05) is 0 Å². The molecule has 0 amide bonds. The smallest absolute Gasteiger partial charge is 0.201 e. The number of benzene rings is 2. The number of ketones is 1. The lowest BCUT2D eigenvalue weighted by atomic mass is 10.0. The van der Waals surface area contributed by atoms with Crippen LogP contribution in [0.25, 0.3) is 0 Å². The van der Waals surface area contributed by atoms with Gasteiger partial charge in [0, 0.05) is 17.2 Å². The summed E-state index contributed by atoms with van der Waals surface area (Å²) in [5, 5.41) is 0.0871. The Morgan fingerprint density at radius 1 is 1.05 bits per heavy atom. The highest BCUT2D eigenvalue weighted by atomic mass is 35.5. The van der Waals surface area contributed by atoms with Crippen molar-refractivity contribution in [1.82, 2.24) is 0 Å². The van der Waals surface area contributed by atoms with Crippen molar-refractivity contribution >= 4 is 17.4 Å². The Morgan fingerprint density at radius 3 is 2.20 bits per heavy atom. The van der Waals surface area contributed by atoms with E-state index in [1.165, 1.54) is 13.2 Å². The summed E-state index contributed by atoms with van der Waals surface area (Å²) in [6, 6.07) is 4.89. The van der Waals surface area contributed by atoms with Gasteiger partial charge in [-0.05, 0) is 18.2 Å². The molecule has 0 aromatic heterocycles. The lowest BCUT2D eigenvalue weighted by molar-refractivity contribution is 0.102. The molecule has 104 valence electrons. The summed E-state index contributed by atoms with van der Waals surface area (Å²) < 4.78 is 45.8. The number of ether oxygens (including phenoxy) is 1. The SMILES string of the molecule is COc1cc(F)c(C(=O)c2cc(Cl)ccc2F)c(F)c1. The van der Waals surface area contributed by atoms with Crippen LogP contribution in [0.4, 0.5) is 13.2 Å². The molecule has 0 aliphatic rings. The number of hydrogen-bond acceptors (Lipinski definition) is 2. The number of hydrogen-bond donors (Lipinski definition) is 0. The summed E-state index contributed by atoms with van der Waals surface area (Å²) in [7, 11) is 1.23. The van der Waals surface area contributed by atoms with Gasteiger partial charge in [-0.1, -0.05) is 11.6 Å². The third-order valence-corrected chi connectivity index (χ3v) is 2.89. The van der Waals surface area contributed by atoms with Crippen LogP contribution in [-0.2, 0) is 0 Å². The quantitative estimate of drug-likeness (QED) is 0.801. The third kappa shape index (κ3) is 2.63. The average molecular weight is 301 g/mol. The minimum atomic E-state index is -1.13. The van der Waals surface area contributed by atoms with Crippen LogP contribution in [0, 0.1) is 17.5 Å². The van der Waals surface area contributed by atoms with Crippen molar-refractivity contribution in [2.45, 2.75) is 0 Å². The molecule has 6 heteroatoms. The normalized spacial score (nSPS) is 10.4. The molecule has 0 heterocycles. The first-order valence-electron chi connectivity index (χ1n) is 5.47. The summed E-state index contributed by atoms with van der Waals surface area (Å²) in [6.07, 6.45) is 0. The fourth-order valence-electron chi connectivity index (χ4n) is 1.69. The number of rotatable bonds is 3. The van der Waals surface area contributed by atoms with Crippen LogP contribution in [0.2, 0.25) is 5.02 Å². The summed E-state index contributed by atoms with van der Waals surface area (Å²) in [6.45, 7) is 0. The predicted octanol–water partition coefficient (Wildman–Crippen LogP) is 4.00. The highest BCUT2D eigenvalue weighted by Crippen LogP contribution is 2.25. The van der Waals surface area contributed by atoms with Gasteiger partial charge in [0.1, 0.15) is 23.2 Å². The van der Waals surface area contributed by atoms with Gasteiger partial charge in [-0.3, -0.25) is 4.79 Å². The standard InChI is InChI=1S/C14H8ClF3O2/c1-20-8-5-11(17)13(12(18)6-8)14(19)9-4-7(15)2-3-10(9)16/h2-6H,1H3. The van der Waals surface area contributed by atoms with E-state index >= 15 is 0 Å². The minimum absolute atomic E-state index is 0.0804. The number of carbonyl (C=O) groups excluding carboxylic acids is 1. The van der Waals surface area contributed by atoms with Gasteiger partial charge in [0.15, 0.2) is 0 Å². The molecule has 2 nitrogen and oxygen atoms in total. The fourth-order valence-corrected chi connectivity index (χ4v) is 1.86. The minimum Gasteiger partial charge on any atom is -0.497 e. The molecule has 0 fully saturated rings. The summed E-state index contributed by atoms with van der Waals surface area (Å²) in [4.78, 5) is 12.0. The van der Waals surface area contributed by atoms with Gasteiger partial charge in [-0.15, -0.1) is 0 Å². The first-order valence-corrected chi connectivity index (χ1v) is 5.84. The molecule has 2 aromatic carbocycles. The van der Waals surface area contributed by atoms with Gasteiger partial charge >= 0.3 is 0 Å². The summed E-state index contributed by atoms with van der Waals surface area (Å²) >= 11 is 5.65. The molecule has 0 aliphatic heterocycles. The maximum Gasteiger partial charge on any atom is 0.201 e. The Morgan fingerprint density at radius 2 is 1.65 bits per heavy atom. The number of carbonyl (C=O) groups is 1. The van der Waals surface area contributed by atoms with Gasteiger partial charge in [0.25, 0.3) is 0 Å². The van der Waals surface area contributed by atoms with Crippen LogP contribution in [0.1, 0.15) is 15.9 Å². The van der Waals surface area contributed by atoms with Crippen molar-refractivity contribution in [3.63, 3.8) is 0 Å². The van der Waals surface area contributed by atoms with Crippen LogP contribution in [0.15, 0.2) is 30.3 Å². The molecule has 0 aliphatic carbocycles. The Hall–Kier alpha value is -2.01. The number of halogens is 4. The third-order valence-electron chi connectivity index (χ3n) is 2.65. The van der Waals surface area contributed by atoms with E-state index in [-0.39, 0.29) is 10.8 Å². The zero-order valence-corrected chi connectivity index (χ0v) is 11.0.